The molecule has 140 valence electrons. The number of halogens is 3. The van der Waals surface area contributed by atoms with Crippen LogP contribution in [0.4, 0.5) is 8.78 Å². The van der Waals surface area contributed by atoms with Crippen LogP contribution >= 0.6 is 11.6 Å². The SMILES string of the molecule is OB(c1ccc(Cl)cc1)c1cc(F)cc(F)c1.Oc1cccc2cccnc12. The van der Waals surface area contributed by atoms with Crippen LogP contribution < -0.4 is 10.9 Å². The highest BCUT2D eigenvalue weighted by molar-refractivity contribution is 6.78. The van der Waals surface area contributed by atoms with Gasteiger partial charge in [-0.25, -0.2) is 8.78 Å². The van der Waals surface area contributed by atoms with Gasteiger partial charge in [0.2, 0.25) is 0 Å². The first kappa shape index (κ1) is 19.8. The van der Waals surface area contributed by atoms with Gasteiger partial charge in [-0.15, -0.1) is 0 Å². The number of phenols is 1. The summed E-state index contributed by atoms with van der Waals surface area (Å²) in [6.45, 7) is -1.07. The van der Waals surface area contributed by atoms with Crippen molar-refractivity contribution in [1.82, 2.24) is 4.98 Å². The number of aromatic nitrogens is 1. The summed E-state index contributed by atoms with van der Waals surface area (Å²) in [5.74, 6) is -1.19. The lowest BCUT2D eigenvalue weighted by atomic mass is 9.56. The first-order chi connectivity index (χ1) is 13.4. The Morgan fingerprint density at radius 1 is 0.821 bits per heavy atom. The van der Waals surface area contributed by atoms with Crippen molar-refractivity contribution in [2.45, 2.75) is 0 Å². The van der Waals surface area contributed by atoms with Gasteiger partial charge in [0, 0.05) is 22.7 Å². The number of benzene rings is 3. The molecule has 4 rings (SSSR count). The molecular formula is C21H15BClF2NO2. The zero-order valence-electron chi connectivity index (χ0n) is 14.6. The molecule has 28 heavy (non-hydrogen) atoms. The summed E-state index contributed by atoms with van der Waals surface area (Å²) in [4.78, 5) is 4.03. The number of phenolic OH excluding ortho intramolecular Hbond substituents is 1. The van der Waals surface area contributed by atoms with Crippen LogP contribution in [0.25, 0.3) is 10.9 Å². The third kappa shape index (κ3) is 4.85. The predicted molar refractivity (Wildman–Crippen MR) is 108 cm³/mol. The normalized spacial score (nSPS) is 10.3. The third-order valence-electron chi connectivity index (χ3n) is 4.00. The molecule has 0 amide bonds. The lowest BCUT2D eigenvalue weighted by molar-refractivity contribution is 0.480. The quantitative estimate of drug-likeness (QED) is 0.508. The molecular weight excluding hydrogens is 382 g/mol. The zero-order chi connectivity index (χ0) is 20.1. The molecule has 0 aliphatic rings. The molecule has 0 bridgehead atoms. The van der Waals surface area contributed by atoms with Crippen molar-refractivity contribution in [3.05, 3.63) is 95.7 Å². The second-order valence-corrected chi connectivity index (χ2v) is 6.45. The van der Waals surface area contributed by atoms with E-state index in [2.05, 4.69) is 4.98 Å². The van der Waals surface area contributed by atoms with E-state index in [0.717, 1.165) is 23.6 Å². The monoisotopic (exact) mass is 397 g/mol. The maximum Gasteiger partial charge on any atom is 0.359 e. The van der Waals surface area contributed by atoms with Gasteiger partial charge in [-0.3, -0.25) is 4.98 Å². The molecule has 0 radical (unpaired) electrons. The van der Waals surface area contributed by atoms with Crippen molar-refractivity contribution in [3.63, 3.8) is 0 Å². The lowest BCUT2D eigenvalue weighted by Crippen LogP contribution is -2.42. The third-order valence-corrected chi connectivity index (χ3v) is 4.25. The number of aromatic hydroxyl groups is 1. The highest BCUT2D eigenvalue weighted by atomic mass is 35.5. The highest BCUT2D eigenvalue weighted by Gasteiger charge is 2.18. The number of nitrogens with zero attached hydrogens (tertiary/aromatic N) is 1. The van der Waals surface area contributed by atoms with Gasteiger partial charge in [0.15, 0.2) is 0 Å². The Kier molecular flexibility index (Phi) is 6.24. The maximum atomic E-state index is 13.0. The number of rotatable bonds is 2. The molecule has 1 heterocycles. The van der Waals surface area contributed by atoms with Crippen molar-refractivity contribution in [2.24, 2.45) is 0 Å². The molecule has 0 fully saturated rings. The van der Waals surface area contributed by atoms with Crippen molar-refractivity contribution >= 4 is 40.3 Å². The molecule has 0 aliphatic carbocycles. The molecule has 7 heteroatoms. The van der Waals surface area contributed by atoms with Crippen LogP contribution in [-0.2, 0) is 0 Å². The van der Waals surface area contributed by atoms with Gasteiger partial charge in [0.05, 0.1) is 0 Å². The van der Waals surface area contributed by atoms with E-state index < -0.39 is 18.6 Å². The van der Waals surface area contributed by atoms with E-state index in [1.807, 2.05) is 18.2 Å². The second kappa shape index (κ2) is 8.82. The molecule has 0 saturated carbocycles. The summed E-state index contributed by atoms with van der Waals surface area (Å²) in [6, 6.07) is 18.5. The first-order valence-electron chi connectivity index (χ1n) is 8.36. The number of para-hydroxylation sites is 1. The summed E-state index contributed by atoms with van der Waals surface area (Å²) in [6.07, 6.45) is 1.67. The molecule has 0 spiro atoms. The molecule has 0 unspecified atom stereocenters. The summed E-state index contributed by atoms with van der Waals surface area (Å²) in [7, 11) is 0. The van der Waals surface area contributed by atoms with Gasteiger partial charge in [0.25, 0.3) is 0 Å². The second-order valence-electron chi connectivity index (χ2n) is 6.01. The van der Waals surface area contributed by atoms with Crippen molar-refractivity contribution in [3.8, 4) is 5.75 Å². The van der Waals surface area contributed by atoms with Gasteiger partial charge >= 0.3 is 6.92 Å². The summed E-state index contributed by atoms with van der Waals surface area (Å²) in [5, 5.41) is 20.8. The average molecular weight is 398 g/mol. The molecule has 2 N–H and O–H groups in total. The Bertz CT molecular complexity index is 1070. The van der Waals surface area contributed by atoms with E-state index in [1.165, 1.54) is 0 Å². The van der Waals surface area contributed by atoms with E-state index >= 15 is 0 Å². The Balaban J connectivity index is 0.000000176. The van der Waals surface area contributed by atoms with Crippen LogP contribution in [0.3, 0.4) is 0 Å². The van der Waals surface area contributed by atoms with Crippen molar-refractivity contribution in [2.75, 3.05) is 0 Å². The van der Waals surface area contributed by atoms with Gasteiger partial charge in [-0.1, -0.05) is 41.9 Å². The number of hydrogen-bond donors (Lipinski definition) is 2. The molecule has 1 aromatic heterocycles. The topological polar surface area (TPSA) is 53.4 Å². The number of fused-ring (bicyclic) bond motifs is 1. The lowest BCUT2D eigenvalue weighted by Gasteiger charge is -2.07. The predicted octanol–water partition coefficient (Wildman–Crippen LogP) is 3.66. The van der Waals surface area contributed by atoms with Gasteiger partial charge in [0.1, 0.15) is 22.9 Å². The van der Waals surface area contributed by atoms with E-state index in [1.54, 1.807) is 42.6 Å². The van der Waals surface area contributed by atoms with Crippen LogP contribution in [0.15, 0.2) is 79.0 Å². The van der Waals surface area contributed by atoms with Crippen LogP contribution in [0.1, 0.15) is 0 Å². The highest BCUT2D eigenvalue weighted by Crippen LogP contribution is 2.20. The zero-order valence-corrected chi connectivity index (χ0v) is 15.3. The smallest absolute Gasteiger partial charge is 0.359 e. The van der Waals surface area contributed by atoms with E-state index in [4.69, 9.17) is 11.6 Å². The Labute approximate surface area is 166 Å². The minimum absolute atomic E-state index is 0.171. The summed E-state index contributed by atoms with van der Waals surface area (Å²) >= 11 is 5.71. The van der Waals surface area contributed by atoms with Gasteiger partial charge < -0.3 is 10.1 Å². The van der Waals surface area contributed by atoms with Crippen LogP contribution in [0, 0.1) is 11.6 Å². The minimum atomic E-state index is -1.07. The summed E-state index contributed by atoms with van der Waals surface area (Å²) in [5.41, 5.74) is 1.36. The molecule has 3 aromatic carbocycles. The van der Waals surface area contributed by atoms with E-state index in [9.17, 15) is 18.9 Å². The Hall–Kier alpha value is -2.96. The molecule has 4 aromatic rings. The fourth-order valence-electron chi connectivity index (χ4n) is 2.66. The number of hydrogen-bond acceptors (Lipinski definition) is 3. The van der Waals surface area contributed by atoms with Crippen LogP contribution in [-0.4, -0.2) is 22.0 Å². The molecule has 0 aliphatic heterocycles. The largest absolute Gasteiger partial charge is 0.506 e. The molecule has 0 saturated heterocycles. The standard InChI is InChI=1S/C12H8BClF2O.C9H7NO/c14-10-3-1-8(2-4-10)13(17)9-5-11(15)7-12(16)6-9;11-8-5-1-3-7-4-2-6-10-9(7)8/h1-7,17H;1-6,11H. The fraction of sp³-hybridized carbons (Fsp3) is 0. The number of pyridine rings is 1. The van der Waals surface area contributed by atoms with E-state index in [0.29, 0.717) is 16.0 Å². The summed E-state index contributed by atoms with van der Waals surface area (Å²) < 4.78 is 26.0. The van der Waals surface area contributed by atoms with E-state index in [-0.39, 0.29) is 11.2 Å². The van der Waals surface area contributed by atoms with Crippen molar-refractivity contribution in [1.29, 1.82) is 0 Å². The van der Waals surface area contributed by atoms with Crippen molar-refractivity contribution < 1.29 is 18.9 Å². The fourth-order valence-corrected chi connectivity index (χ4v) is 2.78. The molecule has 0 atom stereocenters. The molecule has 3 nitrogen and oxygen atoms in total. The Morgan fingerprint density at radius 2 is 1.46 bits per heavy atom. The van der Waals surface area contributed by atoms with Gasteiger partial charge in [-0.05, 0) is 47.3 Å². The van der Waals surface area contributed by atoms with Gasteiger partial charge in [-0.2, -0.15) is 0 Å². The minimum Gasteiger partial charge on any atom is -0.506 e. The Morgan fingerprint density at radius 3 is 2.11 bits per heavy atom. The van der Waals surface area contributed by atoms with Crippen LogP contribution in [0.5, 0.6) is 5.75 Å². The maximum absolute atomic E-state index is 13.0. The van der Waals surface area contributed by atoms with Crippen LogP contribution in [0.2, 0.25) is 5.02 Å². The average Bonchev–Trinajstić information content (AvgIpc) is 2.68. The first-order valence-corrected chi connectivity index (χ1v) is 8.74.